The first-order valence-corrected chi connectivity index (χ1v) is 4.90. The first kappa shape index (κ1) is 11.0. The summed E-state index contributed by atoms with van der Waals surface area (Å²) in [4.78, 5) is 11.6. The molecule has 0 amide bonds. The number of nitro benzene ring substituents is 1. The normalized spacial score (nSPS) is 17.1. The molecule has 0 aliphatic carbocycles. The summed E-state index contributed by atoms with van der Waals surface area (Å²) >= 11 is 0. The zero-order valence-electron chi connectivity index (χ0n) is 8.47. The quantitative estimate of drug-likeness (QED) is 0.614. The number of benzene rings is 1. The minimum absolute atomic E-state index is 0.293. The zero-order valence-corrected chi connectivity index (χ0v) is 8.47. The predicted molar refractivity (Wildman–Crippen MR) is 54.3 cm³/mol. The van der Waals surface area contributed by atoms with Crippen molar-refractivity contribution >= 4 is 5.69 Å². The van der Waals surface area contributed by atoms with Gasteiger partial charge in [0.15, 0.2) is 0 Å². The topological polar surface area (TPSA) is 66.6 Å². The molecule has 0 saturated carbocycles. The average molecular weight is 226 g/mol. The monoisotopic (exact) mass is 226 g/mol. The average Bonchev–Trinajstić information content (AvgIpc) is 2.18. The highest BCUT2D eigenvalue weighted by atomic mass is 19.1. The number of hydrogen-bond donors (Lipinski definition) is 1. The minimum Gasteiger partial charge on any atom is -0.390 e. The van der Waals surface area contributed by atoms with Gasteiger partial charge in [-0.05, 0) is 0 Å². The Bertz CT molecular complexity index is 419. The molecular formula is C10H11FN2O3. The van der Waals surface area contributed by atoms with Gasteiger partial charge < -0.3 is 5.11 Å². The third-order valence-corrected chi connectivity index (χ3v) is 2.59. The standard InChI is InChI=1S/C10H11FN2O3/c11-10-7(4-12-5-8(14)6-12)2-1-3-9(10)13(15)16/h1-3,8,14H,4-6H2. The van der Waals surface area contributed by atoms with Crippen molar-refractivity contribution < 1.29 is 14.4 Å². The molecule has 1 saturated heterocycles. The lowest BCUT2D eigenvalue weighted by atomic mass is 10.1. The molecule has 5 nitrogen and oxygen atoms in total. The van der Waals surface area contributed by atoms with E-state index in [1.54, 1.807) is 0 Å². The van der Waals surface area contributed by atoms with Crippen molar-refractivity contribution in [3.05, 3.63) is 39.7 Å². The third-order valence-electron chi connectivity index (χ3n) is 2.59. The Balaban J connectivity index is 2.15. The van der Waals surface area contributed by atoms with Crippen molar-refractivity contribution in [3.8, 4) is 0 Å². The fraction of sp³-hybridized carbons (Fsp3) is 0.400. The van der Waals surface area contributed by atoms with Gasteiger partial charge in [0.25, 0.3) is 0 Å². The van der Waals surface area contributed by atoms with Crippen molar-refractivity contribution in [2.45, 2.75) is 12.6 Å². The van der Waals surface area contributed by atoms with Crippen molar-refractivity contribution in [1.82, 2.24) is 4.90 Å². The number of hydrogen-bond acceptors (Lipinski definition) is 4. The van der Waals surface area contributed by atoms with E-state index in [4.69, 9.17) is 5.11 Å². The van der Waals surface area contributed by atoms with Gasteiger partial charge in [0.2, 0.25) is 5.82 Å². The molecule has 1 aliphatic rings. The molecule has 1 aromatic rings. The van der Waals surface area contributed by atoms with Crippen molar-refractivity contribution in [2.24, 2.45) is 0 Å². The number of halogens is 1. The highest BCUT2D eigenvalue weighted by molar-refractivity contribution is 5.36. The summed E-state index contributed by atoms with van der Waals surface area (Å²) in [6.45, 7) is 1.27. The van der Waals surface area contributed by atoms with Crippen LogP contribution in [-0.4, -0.2) is 34.1 Å². The van der Waals surface area contributed by atoms with E-state index in [-0.39, 0.29) is 6.10 Å². The lowest BCUT2D eigenvalue weighted by molar-refractivity contribution is -0.387. The van der Waals surface area contributed by atoms with Gasteiger partial charge in [-0.1, -0.05) is 12.1 Å². The van der Waals surface area contributed by atoms with E-state index in [0.29, 0.717) is 25.2 Å². The second-order valence-corrected chi connectivity index (χ2v) is 3.86. The summed E-state index contributed by atoms with van der Waals surface area (Å²) in [5, 5.41) is 19.6. The van der Waals surface area contributed by atoms with Gasteiger partial charge in [-0.15, -0.1) is 0 Å². The van der Waals surface area contributed by atoms with Crippen LogP contribution in [0.25, 0.3) is 0 Å². The molecule has 0 spiro atoms. The van der Waals surface area contributed by atoms with Crippen LogP contribution >= 0.6 is 0 Å². The van der Waals surface area contributed by atoms with Crippen LogP contribution in [0, 0.1) is 15.9 Å². The number of aliphatic hydroxyl groups excluding tert-OH is 1. The molecule has 0 bridgehead atoms. The lowest BCUT2D eigenvalue weighted by Crippen LogP contribution is -2.49. The molecule has 1 aliphatic heterocycles. The Hall–Kier alpha value is -1.53. The molecule has 0 unspecified atom stereocenters. The molecule has 2 rings (SSSR count). The molecule has 1 heterocycles. The maximum atomic E-state index is 13.6. The fourth-order valence-corrected chi connectivity index (χ4v) is 1.74. The predicted octanol–water partition coefficient (Wildman–Crippen LogP) is 0.910. The first-order valence-electron chi connectivity index (χ1n) is 4.90. The summed E-state index contributed by atoms with van der Waals surface area (Å²) in [6, 6.07) is 4.13. The van der Waals surface area contributed by atoms with Gasteiger partial charge in [-0.2, -0.15) is 4.39 Å². The molecule has 0 radical (unpaired) electrons. The Morgan fingerprint density at radius 1 is 1.56 bits per heavy atom. The molecule has 86 valence electrons. The lowest BCUT2D eigenvalue weighted by Gasteiger charge is -2.35. The maximum absolute atomic E-state index is 13.6. The van der Waals surface area contributed by atoms with Crippen LogP contribution in [0.4, 0.5) is 10.1 Å². The van der Waals surface area contributed by atoms with E-state index in [2.05, 4.69) is 0 Å². The van der Waals surface area contributed by atoms with Crippen molar-refractivity contribution in [1.29, 1.82) is 0 Å². The van der Waals surface area contributed by atoms with Gasteiger partial charge in [0.05, 0.1) is 11.0 Å². The van der Waals surface area contributed by atoms with Crippen LogP contribution in [0.2, 0.25) is 0 Å². The second-order valence-electron chi connectivity index (χ2n) is 3.86. The molecule has 0 aromatic heterocycles. The Kier molecular flexibility index (Phi) is 2.84. The molecule has 1 N–H and O–H groups in total. The van der Waals surface area contributed by atoms with E-state index in [1.807, 2.05) is 4.90 Å². The first-order chi connectivity index (χ1) is 7.58. The number of rotatable bonds is 3. The Morgan fingerprint density at radius 2 is 2.25 bits per heavy atom. The smallest absolute Gasteiger partial charge is 0.305 e. The summed E-state index contributed by atoms with van der Waals surface area (Å²) in [5.74, 6) is -0.783. The number of aliphatic hydroxyl groups is 1. The van der Waals surface area contributed by atoms with Crippen molar-refractivity contribution in [3.63, 3.8) is 0 Å². The van der Waals surface area contributed by atoms with E-state index in [0.717, 1.165) is 6.07 Å². The van der Waals surface area contributed by atoms with Gasteiger partial charge >= 0.3 is 5.69 Å². The molecule has 16 heavy (non-hydrogen) atoms. The summed E-state index contributed by atoms with van der Waals surface area (Å²) in [6.07, 6.45) is -0.359. The molecular weight excluding hydrogens is 215 g/mol. The van der Waals surface area contributed by atoms with Crippen LogP contribution in [0.1, 0.15) is 5.56 Å². The second kappa shape index (κ2) is 4.15. The number of likely N-dealkylation sites (tertiary alicyclic amines) is 1. The van der Waals surface area contributed by atoms with Crippen LogP contribution < -0.4 is 0 Å². The fourth-order valence-electron chi connectivity index (χ4n) is 1.74. The highest BCUT2D eigenvalue weighted by Gasteiger charge is 2.26. The summed E-state index contributed by atoms with van der Waals surface area (Å²) in [7, 11) is 0. The van der Waals surface area contributed by atoms with Crippen LogP contribution in [-0.2, 0) is 6.54 Å². The highest BCUT2D eigenvalue weighted by Crippen LogP contribution is 2.22. The number of nitro groups is 1. The van der Waals surface area contributed by atoms with E-state index >= 15 is 0 Å². The van der Waals surface area contributed by atoms with Gasteiger partial charge in [0.1, 0.15) is 0 Å². The Morgan fingerprint density at radius 3 is 2.81 bits per heavy atom. The SMILES string of the molecule is O=[N+]([O-])c1cccc(CN2CC(O)C2)c1F. The number of β-amino-alcohol motifs (C(OH)–C–C–N with tert-alkyl or cyclic N) is 1. The van der Waals surface area contributed by atoms with Gasteiger partial charge in [-0.25, -0.2) is 0 Å². The van der Waals surface area contributed by atoms with Crippen molar-refractivity contribution in [2.75, 3.05) is 13.1 Å². The summed E-state index contributed by atoms with van der Waals surface area (Å²) in [5.41, 5.74) is -0.209. The number of nitrogens with zero attached hydrogens (tertiary/aromatic N) is 2. The Labute approximate surface area is 91.3 Å². The molecule has 6 heteroatoms. The zero-order chi connectivity index (χ0) is 11.7. The van der Waals surface area contributed by atoms with E-state index in [9.17, 15) is 14.5 Å². The third kappa shape index (κ3) is 2.02. The van der Waals surface area contributed by atoms with Crippen LogP contribution in [0.15, 0.2) is 18.2 Å². The largest absolute Gasteiger partial charge is 0.390 e. The maximum Gasteiger partial charge on any atom is 0.305 e. The summed E-state index contributed by atoms with van der Waals surface area (Å²) < 4.78 is 13.6. The van der Waals surface area contributed by atoms with Gasteiger partial charge in [-0.3, -0.25) is 15.0 Å². The molecule has 1 fully saturated rings. The minimum atomic E-state index is -0.783. The van der Waals surface area contributed by atoms with Crippen LogP contribution in [0.5, 0.6) is 0 Å². The van der Waals surface area contributed by atoms with Gasteiger partial charge in [0, 0.05) is 31.3 Å². The van der Waals surface area contributed by atoms with E-state index in [1.165, 1.54) is 12.1 Å². The molecule has 1 aromatic carbocycles. The molecule has 0 atom stereocenters. The van der Waals surface area contributed by atoms with Crippen LogP contribution in [0.3, 0.4) is 0 Å². The van der Waals surface area contributed by atoms with E-state index < -0.39 is 16.4 Å².